The van der Waals surface area contributed by atoms with Gasteiger partial charge in [0.05, 0.1) is 12.7 Å². The van der Waals surface area contributed by atoms with Gasteiger partial charge in [-0.2, -0.15) is 5.10 Å². The summed E-state index contributed by atoms with van der Waals surface area (Å²) in [7, 11) is 0. The number of alkyl halides is 2. The molecule has 34 heavy (non-hydrogen) atoms. The maximum Gasteiger partial charge on any atom is 0.410 e. The Labute approximate surface area is 195 Å². The topological polar surface area (TPSA) is 76.5 Å². The lowest BCUT2D eigenvalue weighted by Crippen LogP contribution is -2.52. The number of aromatic nitrogens is 2. The lowest BCUT2D eigenvalue weighted by molar-refractivity contribution is -0.106. The average Bonchev–Trinajstić information content (AvgIpc) is 3.33. The number of piperidine rings is 1. The summed E-state index contributed by atoms with van der Waals surface area (Å²) in [4.78, 5) is 25.5. The monoisotopic (exact) mass is 468 g/mol. The molecule has 1 atom stereocenters. The number of amides is 2. The number of carbonyl (C=O) groups excluding carboxylic acids is 2. The molecule has 2 aliphatic rings. The third-order valence-electron chi connectivity index (χ3n) is 6.21. The molecule has 7 nitrogen and oxygen atoms in total. The molecule has 3 heterocycles. The maximum absolute atomic E-state index is 15.0. The highest BCUT2D eigenvalue weighted by atomic mass is 19.3. The molecular weight excluding hydrogens is 442 g/mol. The van der Waals surface area contributed by atoms with Gasteiger partial charge in [-0.05, 0) is 55.8 Å². The second-order valence-electron chi connectivity index (χ2n) is 9.93. The van der Waals surface area contributed by atoms with E-state index in [2.05, 4.69) is 10.4 Å². The van der Waals surface area contributed by atoms with E-state index in [0.717, 1.165) is 32.5 Å². The van der Waals surface area contributed by atoms with E-state index in [4.69, 9.17) is 4.74 Å². The largest absolute Gasteiger partial charge is 0.444 e. The minimum atomic E-state index is -3.15. The predicted octanol–water partition coefficient (Wildman–Crippen LogP) is 5.01. The van der Waals surface area contributed by atoms with Gasteiger partial charge in [0.2, 0.25) is 0 Å². The molecule has 178 valence electrons. The van der Waals surface area contributed by atoms with Gasteiger partial charge in [0.15, 0.2) is 0 Å². The highest BCUT2D eigenvalue weighted by molar-refractivity contribution is 6.24. The first-order valence-electron chi connectivity index (χ1n) is 11.3. The van der Waals surface area contributed by atoms with E-state index in [1.165, 1.54) is 4.68 Å². The summed E-state index contributed by atoms with van der Waals surface area (Å²) >= 11 is 0. The molecule has 1 aromatic heterocycles. The second kappa shape index (κ2) is 7.78. The van der Waals surface area contributed by atoms with Gasteiger partial charge in [-0.15, -0.1) is 0 Å². The molecule has 5 rings (SSSR count). The van der Waals surface area contributed by atoms with Crippen LogP contribution in [0.2, 0.25) is 0 Å². The van der Waals surface area contributed by atoms with Crippen molar-refractivity contribution in [2.45, 2.75) is 51.2 Å². The van der Waals surface area contributed by atoms with Crippen LogP contribution < -0.4 is 5.32 Å². The van der Waals surface area contributed by atoms with E-state index in [0.29, 0.717) is 12.0 Å². The van der Waals surface area contributed by atoms with E-state index >= 15 is 8.78 Å². The van der Waals surface area contributed by atoms with Crippen LogP contribution in [0.15, 0.2) is 42.7 Å². The maximum atomic E-state index is 15.0. The minimum Gasteiger partial charge on any atom is -0.444 e. The summed E-state index contributed by atoms with van der Waals surface area (Å²) in [5, 5.41) is 8.95. The molecule has 1 N–H and O–H groups in total. The van der Waals surface area contributed by atoms with Gasteiger partial charge < -0.3 is 15.0 Å². The van der Waals surface area contributed by atoms with E-state index in [1.54, 1.807) is 39.2 Å². The van der Waals surface area contributed by atoms with Gasteiger partial charge in [0.1, 0.15) is 11.6 Å². The fourth-order valence-electron chi connectivity index (χ4n) is 4.70. The number of anilines is 1. The Kier molecular flexibility index (Phi) is 5.11. The first-order chi connectivity index (χ1) is 16.0. The lowest BCUT2D eigenvalue weighted by Gasteiger charge is -2.38. The van der Waals surface area contributed by atoms with Crippen LogP contribution in [0.1, 0.15) is 54.7 Å². The number of carbonyl (C=O) groups is 2. The number of nitrogens with zero attached hydrogens (tertiary/aromatic N) is 3. The van der Waals surface area contributed by atoms with Crippen molar-refractivity contribution < 1.29 is 23.1 Å². The number of ether oxygens (including phenoxy) is 1. The summed E-state index contributed by atoms with van der Waals surface area (Å²) in [6, 6.07) is 8.27. The summed E-state index contributed by atoms with van der Waals surface area (Å²) in [5.41, 5.74) is 2.46. The molecule has 0 bridgehead atoms. The smallest absolute Gasteiger partial charge is 0.410 e. The number of halogens is 2. The van der Waals surface area contributed by atoms with Crippen molar-refractivity contribution >= 4 is 28.5 Å². The van der Waals surface area contributed by atoms with Crippen LogP contribution in [0.4, 0.5) is 19.3 Å². The summed E-state index contributed by atoms with van der Waals surface area (Å²) in [6.45, 7) is 4.57. The molecule has 0 saturated carbocycles. The number of hydrogen-bond acceptors (Lipinski definition) is 4. The van der Waals surface area contributed by atoms with Crippen LogP contribution in [-0.4, -0.2) is 51.3 Å². The van der Waals surface area contributed by atoms with E-state index in [-0.39, 0.29) is 18.9 Å². The summed E-state index contributed by atoms with van der Waals surface area (Å²) in [6.07, 6.45) is 3.09. The van der Waals surface area contributed by atoms with E-state index < -0.39 is 30.2 Å². The van der Waals surface area contributed by atoms with Crippen molar-refractivity contribution in [3.63, 3.8) is 0 Å². The number of likely N-dealkylation sites (tertiary alicyclic amines) is 1. The molecule has 2 aliphatic heterocycles. The van der Waals surface area contributed by atoms with Crippen molar-refractivity contribution in [3.8, 4) is 0 Å². The van der Waals surface area contributed by atoms with Gasteiger partial charge >= 0.3 is 6.09 Å². The molecule has 2 aromatic carbocycles. The molecule has 2 amide bonds. The zero-order valence-corrected chi connectivity index (χ0v) is 19.3. The van der Waals surface area contributed by atoms with Crippen LogP contribution in [-0.2, 0) is 11.2 Å². The molecule has 1 saturated heterocycles. The molecule has 0 unspecified atom stereocenters. The molecule has 0 spiro atoms. The zero-order chi connectivity index (χ0) is 24.3. The van der Waals surface area contributed by atoms with Crippen molar-refractivity contribution in [1.82, 2.24) is 14.7 Å². The highest BCUT2D eigenvalue weighted by Gasteiger charge is 2.48. The number of hydrogen-bond donors (Lipinski definition) is 1. The second-order valence-corrected chi connectivity index (χ2v) is 9.93. The van der Waals surface area contributed by atoms with Gasteiger partial charge in [-0.1, -0.05) is 18.2 Å². The Balaban J connectivity index is 1.34. The van der Waals surface area contributed by atoms with Gasteiger partial charge in [0, 0.05) is 35.8 Å². The quantitative estimate of drug-likeness (QED) is 0.586. The molecule has 0 aliphatic carbocycles. The van der Waals surface area contributed by atoms with E-state index in [9.17, 15) is 9.59 Å². The standard InChI is InChI=1S/C25H26F2N4O3/c1-24(2,3)34-23(33)30-10-9-20(25(26,27)14-30)31-13-15(12-28-31)11-16-7-8-19-21-17(16)5-4-6-18(21)22(32)29-19/h4-8,12-13,20H,9-11,14H2,1-3H3,(H,29,32)/t20-/m0/s1. The number of rotatable bonds is 3. The molecule has 0 radical (unpaired) electrons. The van der Waals surface area contributed by atoms with Gasteiger partial charge in [-0.25, -0.2) is 13.6 Å². The highest BCUT2D eigenvalue weighted by Crippen LogP contribution is 2.38. The number of benzene rings is 2. The SMILES string of the molecule is CC(C)(C)OC(=O)N1CC[C@H](n2cc(Cc3ccc4c5c(cccc35)C(=O)N4)cn2)C(F)(F)C1. The molecule has 9 heteroatoms. The molecule has 3 aromatic rings. The van der Waals surface area contributed by atoms with Crippen LogP contribution in [0, 0.1) is 0 Å². The molecule has 1 fully saturated rings. The Morgan fingerprint density at radius 1 is 1.26 bits per heavy atom. The van der Waals surface area contributed by atoms with E-state index in [1.807, 2.05) is 24.3 Å². The molecular formula is C25H26F2N4O3. The average molecular weight is 469 g/mol. The lowest BCUT2D eigenvalue weighted by atomic mass is 9.97. The summed E-state index contributed by atoms with van der Waals surface area (Å²) < 4.78 is 36.6. The van der Waals surface area contributed by atoms with Crippen molar-refractivity contribution in [3.05, 3.63) is 59.4 Å². The van der Waals surface area contributed by atoms with Crippen LogP contribution in [0.5, 0.6) is 0 Å². The zero-order valence-electron chi connectivity index (χ0n) is 19.3. The van der Waals surface area contributed by atoms with Gasteiger partial charge in [0.25, 0.3) is 11.8 Å². The Morgan fingerprint density at radius 2 is 2.06 bits per heavy atom. The number of nitrogens with one attached hydrogen (secondary N) is 1. The Hall–Kier alpha value is -3.49. The normalized spacial score (nSPS) is 19.4. The fourth-order valence-corrected chi connectivity index (χ4v) is 4.70. The predicted molar refractivity (Wildman–Crippen MR) is 123 cm³/mol. The summed E-state index contributed by atoms with van der Waals surface area (Å²) in [5.74, 6) is -3.27. The van der Waals surface area contributed by atoms with Gasteiger partial charge in [-0.3, -0.25) is 9.48 Å². The fraction of sp³-hybridized carbons (Fsp3) is 0.400. The van der Waals surface area contributed by atoms with Crippen molar-refractivity contribution in [1.29, 1.82) is 0 Å². The third kappa shape index (κ3) is 3.99. The third-order valence-corrected chi connectivity index (χ3v) is 6.21. The Bertz CT molecular complexity index is 1300. The first-order valence-corrected chi connectivity index (χ1v) is 11.3. The first kappa shape index (κ1) is 22.3. The Morgan fingerprint density at radius 3 is 2.79 bits per heavy atom. The van der Waals surface area contributed by atoms with Crippen LogP contribution >= 0.6 is 0 Å². The van der Waals surface area contributed by atoms with Crippen molar-refractivity contribution in [2.75, 3.05) is 18.4 Å². The van der Waals surface area contributed by atoms with Crippen LogP contribution in [0.3, 0.4) is 0 Å². The van der Waals surface area contributed by atoms with Crippen molar-refractivity contribution in [2.24, 2.45) is 0 Å². The minimum absolute atomic E-state index is 0.0716. The van der Waals surface area contributed by atoms with Crippen LogP contribution in [0.25, 0.3) is 10.8 Å².